The Balaban J connectivity index is 2.14. The average molecular weight is 252 g/mol. The second-order valence-electron chi connectivity index (χ2n) is 4.90. The zero-order valence-electron chi connectivity index (χ0n) is 10.7. The molecule has 4 heteroatoms. The zero-order chi connectivity index (χ0) is 13.0. The maximum absolute atomic E-state index is 11.7. The van der Waals surface area contributed by atoms with Gasteiger partial charge >= 0.3 is 5.63 Å². The van der Waals surface area contributed by atoms with Crippen molar-refractivity contribution in [3.8, 4) is 5.75 Å². The van der Waals surface area contributed by atoms with Crippen LogP contribution < -0.4 is 5.63 Å². The lowest BCUT2D eigenvalue weighted by atomic mass is 9.84. The van der Waals surface area contributed by atoms with Crippen LogP contribution in [0.3, 0.4) is 0 Å². The molecule has 1 aromatic heterocycles. The van der Waals surface area contributed by atoms with Crippen LogP contribution in [0, 0.1) is 5.92 Å². The van der Waals surface area contributed by atoms with Gasteiger partial charge in [-0.25, -0.2) is 4.79 Å². The highest BCUT2D eigenvalue weighted by Crippen LogP contribution is 2.33. The van der Waals surface area contributed by atoms with Crippen molar-refractivity contribution in [2.45, 2.75) is 38.5 Å². The van der Waals surface area contributed by atoms with E-state index in [0.29, 0.717) is 11.5 Å². The van der Waals surface area contributed by atoms with Crippen LogP contribution in [-0.2, 0) is 4.74 Å². The van der Waals surface area contributed by atoms with E-state index < -0.39 is 5.63 Å². The minimum Gasteiger partial charge on any atom is -0.507 e. The standard InChI is InChI=1S/C14H20O4/c1-2-11(9-10-3-6-17-7-4-10)13-12(15)5-8-18-14(13)16/h5,8,10-11,15H,2-4,6-7,9H2,1H3. The van der Waals surface area contributed by atoms with Gasteiger partial charge in [-0.1, -0.05) is 6.92 Å². The summed E-state index contributed by atoms with van der Waals surface area (Å²) in [6.45, 7) is 3.64. The van der Waals surface area contributed by atoms with E-state index in [9.17, 15) is 9.90 Å². The van der Waals surface area contributed by atoms with Crippen LogP contribution in [0.15, 0.2) is 21.5 Å². The van der Waals surface area contributed by atoms with Crippen molar-refractivity contribution in [1.29, 1.82) is 0 Å². The van der Waals surface area contributed by atoms with E-state index in [4.69, 9.17) is 9.15 Å². The number of hydrogen-bond donors (Lipinski definition) is 1. The molecule has 1 aliphatic heterocycles. The summed E-state index contributed by atoms with van der Waals surface area (Å²) >= 11 is 0. The average Bonchev–Trinajstić information content (AvgIpc) is 2.38. The van der Waals surface area contributed by atoms with Crippen LogP contribution in [0.2, 0.25) is 0 Å². The van der Waals surface area contributed by atoms with Crippen molar-refractivity contribution in [3.63, 3.8) is 0 Å². The number of ether oxygens (including phenoxy) is 1. The molecule has 0 saturated carbocycles. The van der Waals surface area contributed by atoms with Crippen molar-refractivity contribution < 1.29 is 14.3 Å². The predicted molar refractivity (Wildman–Crippen MR) is 67.8 cm³/mol. The fourth-order valence-electron chi connectivity index (χ4n) is 2.67. The highest BCUT2D eigenvalue weighted by atomic mass is 16.5. The molecule has 2 rings (SSSR count). The third-order valence-corrected chi connectivity index (χ3v) is 3.76. The van der Waals surface area contributed by atoms with Crippen molar-refractivity contribution >= 4 is 0 Å². The lowest BCUT2D eigenvalue weighted by molar-refractivity contribution is 0.0613. The Labute approximate surface area is 107 Å². The van der Waals surface area contributed by atoms with Gasteiger partial charge < -0.3 is 14.3 Å². The molecular weight excluding hydrogens is 232 g/mol. The van der Waals surface area contributed by atoms with Gasteiger partial charge in [0.1, 0.15) is 5.75 Å². The van der Waals surface area contributed by atoms with Crippen molar-refractivity contribution in [2.24, 2.45) is 5.92 Å². The molecule has 2 heterocycles. The van der Waals surface area contributed by atoms with Gasteiger partial charge in [-0.3, -0.25) is 0 Å². The quantitative estimate of drug-likeness (QED) is 0.895. The van der Waals surface area contributed by atoms with Crippen molar-refractivity contribution in [2.75, 3.05) is 13.2 Å². The van der Waals surface area contributed by atoms with E-state index in [1.54, 1.807) is 0 Å². The largest absolute Gasteiger partial charge is 0.507 e. The molecular formula is C14H20O4. The molecule has 1 atom stereocenters. The summed E-state index contributed by atoms with van der Waals surface area (Å²) in [7, 11) is 0. The Morgan fingerprint density at radius 1 is 1.44 bits per heavy atom. The second kappa shape index (κ2) is 6.05. The molecule has 1 unspecified atom stereocenters. The summed E-state index contributed by atoms with van der Waals surface area (Å²) in [6, 6.07) is 1.45. The first-order chi connectivity index (χ1) is 8.72. The molecule has 0 aliphatic carbocycles. The lowest BCUT2D eigenvalue weighted by Crippen LogP contribution is -2.20. The van der Waals surface area contributed by atoms with Crippen molar-refractivity contribution in [3.05, 3.63) is 28.3 Å². The maximum atomic E-state index is 11.7. The van der Waals surface area contributed by atoms with E-state index in [0.717, 1.165) is 38.9 Å². The Morgan fingerprint density at radius 3 is 2.78 bits per heavy atom. The van der Waals surface area contributed by atoms with Gasteiger partial charge in [-0.05, 0) is 37.5 Å². The molecule has 4 nitrogen and oxygen atoms in total. The Morgan fingerprint density at radius 2 is 2.17 bits per heavy atom. The molecule has 1 fully saturated rings. The fourth-order valence-corrected chi connectivity index (χ4v) is 2.67. The third-order valence-electron chi connectivity index (χ3n) is 3.76. The minimum atomic E-state index is -0.408. The highest BCUT2D eigenvalue weighted by molar-refractivity contribution is 5.30. The van der Waals surface area contributed by atoms with Crippen molar-refractivity contribution in [1.82, 2.24) is 0 Å². The Bertz CT molecular complexity index is 432. The molecule has 1 saturated heterocycles. The summed E-state index contributed by atoms with van der Waals surface area (Å²) in [4.78, 5) is 11.7. The van der Waals surface area contributed by atoms with E-state index in [2.05, 4.69) is 0 Å². The monoisotopic (exact) mass is 252 g/mol. The van der Waals surface area contributed by atoms with E-state index >= 15 is 0 Å². The predicted octanol–water partition coefficient (Wildman–Crippen LogP) is 2.66. The SMILES string of the molecule is CCC(CC1CCOCC1)c1c(O)ccoc1=O. The molecule has 1 aromatic rings. The van der Waals surface area contributed by atoms with Gasteiger partial charge in [0, 0.05) is 19.3 Å². The van der Waals surface area contributed by atoms with Crippen LogP contribution in [0.1, 0.15) is 44.1 Å². The first-order valence-corrected chi connectivity index (χ1v) is 6.60. The number of hydrogen-bond acceptors (Lipinski definition) is 4. The Hall–Kier alpha value is -1.29. The van der Waals surface area contributed by atoms with E-state index in [1.165, 1.54) is 12.3 Å². The first-order valence-electron chi connectivity index (χ1n) is 6.60. The smallest absolute Gasteiger partial charge is 0.342 e. The normalized spacial score (nSPS) is 18.7. The third kappa shape index (κ3) is 2.93. The summed E-state index contributed by atoms with van der Waals surface area (Å²) in [5, 5.41) is 9.84. The molecule has 100 valence electrons. The summed E-state index contributed by atoms with van der Waals surface area (Å²) in [5.74, 6) is 0.707. The maximum Gasteiger partial charge on any atom is 0.342 e. The number of rotatable bonds is 4. The van der Waals surface area contributed by atoms with Crippen LogP contribution in [0.25, 0.3) is 0 Å². The van der Waals surface area contributed by atoms with Gasteiger partial charge in [-0.15, -0.1) is 0 Å². The van der Waals surface area contributed by atoms with Gasteiger partial charge in [0.2, 0.25) is 0 Å². The Kier molecular flexibility index (Phi) is 4.42. The molecule has 18 heavy (non-hydrogen) atoms. The molecule has 0 aromatic carbocycles. The number of aromatic hydroxyl groups is 1. The molecule has 1 N–H and O–H groups in total. The minimum absolute atomic E-state index is 0.0603. The lowest BCUT2D eigenvalue weighted by Gasteiger charge is -2.26. The molecule has 0 radical (unpaired) electrons. The first kappa shape index (κ1) is 13.1. The summed E-state index contributed by atoms with van der Waals surface area (Å²) in [6.07, 6.45) is 5.06. The van der Waals surface area contributed by atoms with E-state index in [1.807, 2.05) is 6.92 Å². The van der Waals surface area contributed by atoms with Gasteiger partial charge in [0.05, 0.1) is 11.8 Å². The topological polar surface area (TPSA) is 59.7 Å². The van der Waals surface area contributed by atoms with Gasteiger partial charge in [-0.2, -0.15) is 0 Å². The van der Waals surface area contributed by atoms with Gasteiger partial charge in [0.25, 0.3) is 0 Å². The van der Waals surface area contributed by atoms with Gasteiger partial charge in [0.15, 0.2) is 0 Å². The zero-order valence-corrected chi connectivity index (χ0v) is 10.7. The summed E-state index contributed by atoms with van der Waals surface area (Å²) < 4.78 is 10.2. The van der Waals surface area contributed by atoms with Crippen LogP contribution in [0.4, 0.5) is 0 Å². The summed E-state index contributed by atoms with van der Waals surface area (Å²) in [5.41, 5.74) is 0.0281. The molecule has 0 bridgehead atoms. The highest BCUT2D eigenvalue weighted by Gasteiger charge is 2.24. The molecule has 0 spiro atoms. The fraction of sp³-hybridized carbons (Fsp3) is 0.643. The second-order valence-corrected chi connectivity index (χ2v) is 4.90. The van der Waals surface area contributed by atoms with Crippen LogP contribution in [0.5, 0.6) is 5.75 Å². The molecule has 1 aliphatic rings. The molecule has 0 amide bonds. The van der Waals surface area contributed by atoms with E-state index in [-0.39, 0.29) is 11.7 Å². The van der Waals surface area contributed by atoms with Crippen LogP contribution >= 0.6 is 0 Å². The van der Waals surface area contributed by atoms with Crippen LogP contribution in [-0.4, -0.2) is 18.3 Å².